The summed E-state index contributed by atoms with van der Waals surface area (Å²) in [6.45, 7) is 3.87. The molecule has 5 nitrogen and oxygen atoms in total. The van der Waals surface area contributed by atoms with E-state index in [0.29, 0.717) is 0 Å². The van der Waals surface area contributed by atoms with Crippen molar-refractivity contribution in [1.29, 1.82) is 0 Å². The maximum absolute atomic E-state index is 4.96. The topological polar surface area (TPSA) is 56.7 Å². The van der Waals surface area contributed by atoms with Crippen LogP contribution in [-0.4, -0.2) is 19.9 Å². The van der Waals surface area contributed by atoms with Crippen molar-refractivity contribution in [1.82, 2.24) is 19.9 Å². The first-order chi connectivity index (χ1) is 6.31. The van der Waals surface area contributed by atoms with Crippen LogP contribution in [-0.2, 0) is 6.42 Å². The Morgan fingerprint density at radius 3 is 3.00 bits per heavy atom. The average Bonchev–Trinajstić information content (AvgIpc) is 2.71. The molecule has 0 N–H and O–H groups in total. The highest BCUT2D eigenvalue weighted by Gasteiger charge is 2.07. The molecule has 0 saturated carbocycles. The van der Waals surface area contributed by atoms with Crippen LogP contribution in [0.4, 0.5) is 0 Å². The second-order valence-corrected chi connectivity index (χ2v) is 2.77. The largest absolute Gasteiger partial charge is 0.360 e. The summed E-state index contributed by atoms with van der Waals surface area (Å²) < 4.78 is 6.78. The highest BCUT2D eigenvalue weighted by atomic mass is 16.5. The smallest absolute Gasteiger partial charge is 0.182 e. The van der Waals surface area contributed by atoms with E-state index in [0.717, 1.165) is 23.8 Å². The summed E-state index contributed by atoms with van der Waals surface area (Å²) in [4.78, 5) is 0. The molecule has 13 heavy (non-hydrogen) atoms. The molecular formula is C8H10N4O. The lowest BCUT2D eigenvalue weighted by Crippen LogP contribution is -1.98. The average molecular weight is 178 g/mol. The maximum atomic E-state index is 4.96. The number of hydrogen-bond acceptors (Lipinski definition) is 4. The number of hydrogen-bond donors (Lipinski definition) is 0. The summed E-state index contributed by atoms with van der Waals surface area (Å²) in [6.07, 6.45) is 2.46. The monoisotopic (exact) mass is 178 g/mol. The fourth-order valence-electron chi connectivity index (χ4n) is 1.16. The third-order valence-corrected chi connectivity index (χ3v) is 1.80. The van der Waals surface area contributed by atoms with Crippen LogP contribution < -0.4 is 0 Å². The van der Waals surface area contributed by atoms with E-state index in [2.05, 4.69) is 15.4 Å². The van der Waals surface area contributed by atoms with E-state index >= 15 is 0 Å². The summed E-state index contributed by atoms with van der Waals surface area (Å²) in [7, 11) is 0. The van der Waals surface area contributed by atoms with Crippen LogP contribution in [0.1, 0.15) is 18.5 Å². The van der Waals surface area contributed by atoms with E-state index in [9.17, 15) is 0 Å². The first kappa shape index (κ1) is 7.97. The van der Waals surface area contributed by atoms with Gasteiger partial charge in [-0.1, -0.05) is 12.1 Å². The molecule has 0 aliphatic carbocycles. The lowest BCUT2D eigenvalue weighted by atomic mass is 10.4. The van der Waals surface area contributed by atoms with Crippen molar-refractivity contribution in [2.24, 2.45) is 0 Å². The van der Waals surface area contributed by atoms with E-state index < -0.39 is 0 Å². The van der Waals surface area contributed by atoms with Gasteiger partial charge in [-0.15, -0.1) is 10.2 Å². The lowest BCUT2D eigenvalue weighted by Gasteiger charge is -1.96. The Kier molecular flexibility index (Phi) is 1.84. The number of rotatable bonds is 2. The fourth-order valence-corrected chi connectivity index (χ4v) is 1.16. The molecule has 0 bridgehead atoms. The Labute approximate surface area is 75.4 Å². The zero-order valence-electron chi connectivity index (χ0n) is 7.56. The second-order valence-electron chi connectivity index (χ2n) is 2.77. The van der Waals surface area contributed by atoms with E-state index in [-0.39, 0.29) is 0 Å². The lowest BCUT2D eigenvalue weighted by molar-refractivity contribution is 0.394. The van der Waals surface area contributed by atoms with E-state index in [4.69, 9.17) is 4.52 Å². The van der Waals surface area contributed by atoms with Crippen molar-refractivity contribution in [3.63, 3.8) is 0 Å². The molecule has 0 spiro atoms. The quantitative estimate of drug-likeness (QED) is 0.691. The minimum absolute atomic E-state index is 0.736. The SMILES string of the molecule is CCc1nncn1-c1cc(C)on1. The molecule has 0 aliphatic rings. The Balaban J connectivity index is 2.45. The van der Waals surface area contributed by atoms with Gasteiger partial charge in [0.2, 0.25) is 0 Å². The van der Waals surface area contributed by atoms with Crippen LogP contribution >= 0.6 is 0 Å². The zero-order chi connectivity index (χ0) is 9.26. The summed E-state index contributed by atoms with van der Waals surface area (Å²) in [5.74, 6) is 2.40. The van der Waals surface area contributed by atoms with Crippen molar-refractivity contribution in [2.45, 2.75) is 20.3 Å². The molecule has 68 valence electrons. The van der Waals surface area contributed by atoms with Crippen LogP contribution in [0, 0.1) is 6.92 Å². The predicted molar refractivity (Wildman–Crippen MR) is 45.5 cm³/mol. The van der Waals surface area contributed by atoms with Crippen molar-refractivity contribution >= 4 is 0 Å². The molecule has 2 heterocycles. The molecule has 2 aromatic heterocycles. The minimum Gasteiger partial charge on any atom is -0.360 e. The van der Waals surface area contributed by atoms with Gasteiger partial charge in [0.25, 0.3) is 0 Å². The van der Waals surface area contributed by atoms with E-state index in [1.54, 1.807) is 6.33 Å². The van der Waals surface area contributed by atoms with Gasteiger partial charge in [0.15, 0.2) is 5.82 Å². The zero-order valence-corrected chi connectivity index (χ0v) is 7.56. The molecule has 0 atom stereocenters. The first-order valence-corrected chi connectivity index (χ1v) is 4.14. The minimum atomic E-state index is 0.736. The molecule has 0 unspecified atom stereocenters. The number of nitrogens with zero attached hydrogens (tertiary/aromatic N) is 4. The molecule has 0 fully saturated rings. The van der Waals surface area contributed by atoms with Gasteiger partial charge in [-0.3, -0.25) is 4.57 Å². The van der Waals surface area contributed by atoms with Gasteiger partial charge in [0.05, 0.1) is 0 Å². The van der Waals surface area contributed by atoms with Gasteiger partial charge in [0, 0.05) is 12.5 Å². The first-order valence-electron chi connectivity index (χ1n) is 4.14. The second kappa shape index (κ2) is 3.01. The molecule has 0 amide bonds. The molecule has 2 aromatic rings. The van der Waals surface area contributed by atoms with Crippen molar-refractivity contribution in [3.8, 4) is 5.82 Å². The highest BCUT2D eigenvalue weighted by molar-refractivity contribution is 5.22. The third kappa shape index (κ3) is 1.32. The molecule has 0 radical (unpaired) electrons. The summed E-state index contributed by atoms with van der Waals surface area (Å²) in [6, 6.07) is 1.85. The van der Waals surface area contributed by atoms with Crippen LogP contribution in [0.3, 0.4) is 0 Å². The summed E-state index contributed by atoms with van der Waals surface area (Å²) in [5, 5.41) is 11.6. The van der Waals surface area contributed by atoms with E-state index in [1.165, 1.54) is 0 Å². The van der Waals surface area contributed by atoms with Crippen LogP contribution in [0.5, 0.6) is 0 Å². The van der Waals surface area contributed by atoms with Crippen LogP contribution in [0.15, 0.2) is 16.9 Å². The van der Waals surface area contributed by atoms with Gasteiger partial charge in [-0.2, -0.15) is 0 Å². The molecule has 0 aliphatic heterocycles. The molecule has 0 saturated heterocycles. The van der Waals surface area contributed by atoms with E-state index in [1.807, 2.05) is 24.5 Å². The Morgan fingerprint density at radius 2 is 2.38 bits per heavy atom. The summed E-state index contributed by atoms with van der Waals surface area (Å²) >= 11 is 0. The standard InChI is InChI=1S/C8H10N4O/c1-3-7-10-9-5-12(7)8-4-6(2)13-11-8/h4-5H,3H2,1-2H3. The van der Waals surface area contributed by atoms with Crippen molar-refractivity contribution in [3.05, 3.63) is 24.0 Å². The number of aryl methyl sites for hydroxylation is 2. The molecule has 2 rings (SSSR count). The van der Waals surface area contributed by atoms with Gasteiger partial charge in [0.1, 0.15) is 17.9 Å². The highest BCUT2D eigenvalue weighted by Crippen LogP contribution is 2.09. The normalized spacial score (nSPS) is 10.6. The molecular weight excluding hydrogens is 168 g/mol. The van der Waals surface area contributed by atoms with Gasteiger partial charge < -0.3 is 4.52 Å². The Bertz CT molecular complexity index is 404. The molecule has 5 heteroatoms. The van der Waals surface area contributed by atoms with Crippen LogP contribution in [0.25, 0.3) is 5.82 Å². The fraction of sp³-hybridized carbons (Fsp3) is 0.375. The number of aromatic nitrogens is 4. The van der Waals surface area contributed by atoms with Gasteiger partial charge >= 0.3 is 0 Å². The van der Waals surface area contributed by atoms with Crippen molar-refractivity contribution in [2.75, 3.05) is 0 Å². The van der Waals surface area contributed by atoms with Crippen LogP contribution in [0.2, 0.25) is 0 Å². The molecule has 0 aromatic carbocycles. The Hall–Kier alpha value is -1.65. The van der Waals surface area contributed by atoms with Crippen molar-refractivity contribution < 1.29 is 4.52 Å². The maximum Gasteiger partial charge on any atom is 0.182 e. The Morgan fingerprint density at radius 1 is 1.54 bits per heavy atom. The summed E-state index contributed by atoms with van der Waals surface area (Å²) in [5.41, 5.74) is 0. The van der Waals surface area contributed by atoms with Gasteiger partial charge in [-0.25, -0.2) is 0 Å². The van der Waals surface area contributed by atoms with Gasteiger partial charge in [-0.05, 0) is 6.92 Å². The third-order valence-electron chi connectivity index (χ3n) is 1.80. The predicted octanol–water partition coefficient (Wildman–Crippen LogP) is 1.13.